The van der Waals surface area contributed by atoms with Crippen molar-refractivity contribution < 1.29 is 29.3 Å². The number of aliphatic hydroxyl groups excluding tert-OH is 1. The van der Waals surface area contributed by atoms with Crippen molar-refractivity contribution in [3.63, 3.8) is 0 Å². The van der Waals surface area contributed by atoms with E-state index in [4.69, 9.17) is 14.3 Å². The topological polar surface area (TPSA) is 132 Å². The first-order chi connectivity index (χ1) is 16.2. The van der Waals surface area contributed by atoms with Crippen LogP contribution in [0, 0.1) is 16.0 Å². The summed E-state index contributed by atoms with van der Waals surface area (Å²) in [5.41, 5.74) is -0.481. The SMILES string of the molecule is C=CCOc1ccccc1OCC(O)CNC(C)(C)CNC(=O)C[C@@H]1CCCC[C@H]1O[N+](=O)[O-]. The molecule has 0 aromatic heterocycles. The Hall–Kier alpha value is -2.85. The molecule has 3 atom stereocenters. The Kier molecular flexibility index (Phi) is 11.1. The van der Waals surface area contributed by atoms with Gasteiger partial charge >= 0.3 is 0 Å². The van der Waals surface area contributed by atoms with Crippen LogP contribution in [0.2, 0.25) is 0 Å². The molecule has 190 valence electrons. The van der Waals surface area contributed by atoms with Crippen LogP contribution >= 0.6 is 0 Å². The zero-order valence-corrected chi connectivity index (χ0v) is 20.0. The first-order valence-electron chi connectivity index (χ1n) is 11.7. The van der Waals surface area contributed by atoms with Crippen LogP contribution in [-0.4, -0.2) is 60.2 Å². The minimum absolute atomic E-state index is 0.0728. The maximum Gasteiger partial charge on any atom is 0.294 e. The first-order valence-corrected chi connectivity index (χ1v) is 11.7. The molecule has 2 rings (SSSR count). The summed E-state index contributed by atoms with van der Waals surface area (Å²) in [7, 11) is 0. The van der Waals surface area contributed by atoms with Crippen molar-refractivity contribution >= 4 is 5.91 Å². The van der Waals surface area contributed by atoms with Crippen molar-refractivity contribution in [1.29, 1.82) is 0 Å². The van der Waals surface area contributed by atoms with Crippen LogP contribution < -0.4 is 20.1 Å². The zero-order valence-electron chi connectivity index (χ0n) is 20.0. The maximum atomic E-state index is 12.4. The Morgan fingerprint density at radius 2 is 1.97 bits per heavy atom. The van der Waals surface area contributed by atoms with Crippen LogP contribution in [0.25, 0.3) is 0 Å². The fourth-order valence-corrected chi connectivity index (χ4v) is 3.83. The molecule has 34 heavy (non-hydrogen) atoms. The number of carbonyl (C=O) groups excluding carboxylic acids is 1. The lowest BCUT2D eigenvalue weighted by Crippen LogP contribution is -2.52. The molecule has 0 saturated heterocycles. The normalized spacial score (nSPS) is 19.0. The molecule has 0 bridgehead atoms. The number of ether oxygens (including phenoxy) is 2. The van der Waals surface area contributed by atoms with Gasteiger partial charge < -0.3 is 30.1 Å². The molecule has 10 heteroatoms. The highest BCUT2D eigenvalue weighted by Gasteiger charge is 2.30. The molecule has 0 aliphatic heterocycles. The summed E-state index contributed by atoms with van der Waals surface area (Å²) in [6.45, 7) is 8.49. The van der Waals surface area contributed by atoms with Crippen molar-refractivity contribution in [3.05, 3.63) is 47.0 Å². The summed E-state index contributed by atoms with van der Waals surface area (Å²) in [4.78, 5) is 27.9. The van der Waals surface area contributed by atoms with E-state index >= 15 is 0 Å². The second-order valence-electron chi connectivity index (χ2n) is 9.17. The smallest absolute Gasteiger partial charge is 0.294 e. The van der Waals surface area contributed by atoms with Crippen LogP contribution in [0.3, 0.4) is 0 Å². The van der Waals surface area contributed by atoms with Gasteiger partial charge in [-0.15, -0.1) is 10.1 Å². The van der Waals surface area contributed by atoms with E-state index < -0.39 is 22.8 Å². The molecule has 1 aliphatic rings. The van der Waals surface area contributed by atoms with E-state index in [1.807, 2.05) is 26.0 Å². The third kappa shape index (κ3) is 9.96. The number of aliphatic hydroxyl groups is 1. The average Bonchev–Trinajstić information content (AvgIpc) is 2.80. The Labute approximate surface area is 200 Å². The number of nitrogens with zero attached hydrogens (tertiary/aromatic N) is 1. The monoisotopic (exact) mass is 479 g/mol. The van der Waals surface area contributed by atoms with Gasteiger partial charge in [0.25, 0.3) is 5.09 Å². The highest BCUT2D eigenvalue weighted by atomic mass is 17.0. The summed E-state index contributed by atoms with van der Waals surface area (Å²) in [6.07, 6.45) is 3.68. The number of benzene rings is 1. The minimum Gasteiger partial charge on any atom is -0.487 e. The quantitative estimate of drug-likeness (QED) is 0.199. The number of carbonyl (C=O) groups is 1. The number of β-amino-alcohol motifs (C(OH)–C–C–N with tert-alkyl or cyclic N) is 1. The lowest BCUT2D eigenvalue weighted by Gasteiger charge is -2.31. The lowest BCUT2D eigenvalue weighted by molar-refractivity contribution is -0.771. The van der Waals surface area contributed by atoms with Gasteiger partial charge in [0.1, 0.15) is 25.4 Å². The van der Waals surface area contributed by atoms with Crippen LogP contribution in [0.5, 0.6) is 11.5 Å². The van der Waals surface area contributed by atoms with Gasteiger partial charge in [-0.1, -0.05) is 37.6 Å². The molecule has 1 aromatic rings. The highest BCUT2D eigenvalue weighted by molar-refractivity contribution is 5.76. The van der Waals surface area contributed by atoms with E-state index in [9.17, 15) is 20.0 Å². The molecule has 3 N–H and O–H groups in total. The molecule has 0 heterocycles. The van der Waals surface area contributed by atoms with Gasteiger partial charge in [-0.2, -0.15) is 0 Å². The third-order valence-corrected chi connectivity index (χ3v) is 5.69. The number of hydrogen-bond donors (Lipinski definition) is 3. The fraction of sp³-hybridized carbons (Fsp3) is 0.625. The largest absolute Gasteiger partial charge is 0.487 e. The summed E-state index contributed by atoms with van der Waals surface area (Å²) >= 11 is 0. The predicted molar refractivity (Wildman–Crippen MR) is 127 cm³/mol. The van der Waals surface area contributed by atoms with Crippen molar-refractivity contribution in [2.45, 2.75) is 63.7 Å². The van der Waals surface area contributed by atoms with E-state index in [1.54, 1.807) is 18.2 Å². The molecule has 1 fully saturated rings. The van der Waals surface area contributed by atoms with E-state index in [-0.39, 0.29) is 31.4 Å². The fourth-order valence-electron chi connectivity index (χ4n) is 3.83. The average molecular weight is 480 g/mol. The van der Waals surface area contributed by atoms with Crippen molar-refractivity contribution in [2.24, 2.45) is 5.92 Å². The minimum atomic E-state index is -0.773. The third-order valence-electron chi connectivity index (χ3n) is 5.69. The second kappa shape index (κ2) is 13.8. The molecule has 1 unspecified atom stereocenters. The van der Waals surface area contributed by atoms with Gasteiger partial charge in [-0.05, 0) is 44.7 Å². The summed E-state index contributed by atoms with van der Waals surface area (Å²) < 4.78 is 11.2. The van der Waals surface area contributed by atoms with Gasteiger partial charge in [0.05, 0.1) is 0 Å². The number of hydrogen-bond acceptors (Lipinski definition) is 8. The predicted octanol–water partition coefficient (Wildman–Crippen LogP) is 2.63. The van der Waals surface area contributed by atoms with E-state index in [0.29, 0.717) is 31.1 Å². The van der Waals surface area contributed by atoms with Crippen molar-refractivity contribution in [1.82, 2.24) is 10.6 Å². The summed E-state index contributed by atoms with van der Waals surface area (Å²) in [5.74, 6) is 0.790. The van der Waals surface area contributed by atoms with Crippen LogP contribution in [-0.2, 0) is 9.63 Å². The van der Waals surface area contributed by atoms with Crippen LogP contribution in [0.1, 0.15) is 46.0 Å². The van der Waals surface area contributed by atoms with Crippen LogP contribution in [0.15, 0.2) is 36.9 Å². The lowest BCUT2D eigenvalue weighted by atomic mass is 9.84. The molecule has 1 saturated carbocycles. The summed E-state index contributed by atoms with van der Waals surface area (Å²) in [5, 5.41) is 26.4. The highest BCUT2D eigenvalue weighted by Crippen LogP contribution is 2.29. The number of rotatable bonds is 15. The number of amides is 1. The maximum absolute atomic E-state index is 12.4. The Morgan fingerprint density at radius 1 is 1.29 bits per heavy atom. The van der Waals surface area contributed by atoms with Gasteiger partial charge in [0.2, 0.25) is 5.91 Å². The van der Waals surface area contributed by atoms with E-state index in [2.05, 4.69) is 17.2 Å². The Balaban J connectivity index is 1.72. The molecular formula is C24H37N3O7. The van der Waals surface area contributed by atoms with E-state index in [0.717, 1.165) is 19.3 Å². The molecule has 1 aromatic carbocycles. The van der Waals surface area contributed by atoms with E-state index in [1.165, 1.54) is 0 Å². The molecule has 0 radical (unpaired) electrons. The van der Waals surface area contributed by atoms with Gasteiger partial charge in [-0.25, -0.2) is 0 Å². The summed E-state index contributed by atoms with van der Waals surface area (Å²) in [6, 6.07) is 7.22. The molecular weight excluding hydrogens is 442 g/mol. The standard InChI is InChI=1S/C24H37N3O7/c1-4-13-32-21-11-7-8-12-22(21)33-16-19(28)15-26-24(2,3)17-25-23(29)14-18-9-5-6-10-20(18)34-27(30)31/h4,7-8,11-12,18-20,26,28H,1,5-6,9-10,13-17H2,2-3H3,(H,25,29)/t18-,19?,20+/m0/s1. The zero-order chi connectivity index (χ0) is 25.0. The van der Waals surface area contributed by atoms with Gasteiger partial charge in [0.15, 0.2) is 11.5 Å². The van der Waals surface area contributed by atoms with Crippen molar-refractivity contribution in [3.8, 4) is 11.5 Å². The second-order valence-corrected chi connectivity index (χ2v) is 9.17. The van der Waals surface area contributed by atoms with Gasteiger partial charge in [-0.3, -0.25) is 4.79 Å². The van der Waals surface area contributed by atoms with Crippen molar-refractivity contribution in [2.75, 3.05) is 26.3 Å². The first kappa shape index (κ1) is 27.4. The molecule has 1 aliphatic carbocycles. The molecule has 0 spiro atoms. The molecule has 1 amide bonds. The van der Waals surface area contributed by atoms with Crippen LogP contribution in [0.4, 0.5) is 0 Å². The Morgan fingerprint density at radius 3 is 2.65 bits per heavy atom. The number of para-hydroxylation sites is 2. The Bertz CT molecular complexity index is 803. The molecule has 10 nitrogen and oxygen atoms in total. The number of nitrogens with one attached hydrogen (secondary N) is 2. The van der Waals surface area contributed by atoms with Gasteiger partial charge in [0, 0.05) is 25.0 Å².